The molecule has 0 saturated heterocycles. The quantitative estimate of drug-likeness (QED) is 0.833. The van der Waals surface area contributed by atoms with Gasteiger partial charge in [0.15, 0.2) is 0 Å². The highest BCUT2D eigenvalue weighted by Gasteiger charge is 2.38. The Morgan fingerprint density at radius 1 is 1.38 bits per heavy atom. The van der Waals surface area contributed by atoms with Gasteiger partial charge in [0.2, 0.25) is 0 Å². The third-order valence-electron chi connectivity index (χ3n) is 3.27. The van der Waals surface area contributed by atoms with Crippen molar-refractivity contribution in [3.05, 3.63) is 35.4 Å². The molecule has 0 heterocycles. The lowest BCUT2D eigenvalue weighted by molar-refractivity contribution is 0.130. The molecule has 2 rings (SSSR count). The van der Waals surface area contributed by atoms with Crippen molar-refractivity contribution in [2.75, 3.05) is 6.54 Å². The Morgan fingerprint density at radius 2 is 2.06 bits per heavy atom. The molecule has 1 aromatic rings. The normalized spacial score (nSPS) is 22.4. The van der Waals surface area contributed by atoms with Gasteiger partial charge in [0.05, 0.1) is 6.54 Å². The van der Waals surface area contributed by atoms with Crippen LogP contribution in [-0.2, 0) is 6.42 Å². The molecule has 1 N–H and O–H groups in total. The molecule has 3 heteroatoms. The van der Waals surface area contributed by atoms with E-state index in [4.69, 9.17) is 0 Å². The maximum Gasteiger partial charge on any atom is 0.250 e. The maximum absolute atomic E-state index is 12.3. The monoisotopic (exact) mass is 225 g/mol. The molecular formula is C13H17F2N. The van der Waals surface area contributed by atoms with Gasteiger partial charge in [-0.05, 0) is 23.0 Å². The van der Waals surface area contributed by atoms with Crippen molar-refractivity contribution >= 4 is 0 Å². The van der Waals surface area contributed by atoms with E-state index in [0.29, 0.717) is 0 Å². The van der Waals surface area contributed by atoms with Crippen LogP contribution >= 0.6 is 0 Å². The molecule has 0 aromatic heterocycles. The topological polar surface area (TPSA) is 12.0 Å². The minimum atomic E-state index is -2.29. The molecule has 1 nitrogen and oxygen atoms in total. The van der Waals surface area contributed by atoms with Gasteiger partial charge in [-0.2, -0.15) is 0 Å². The molecule has 0 aliphatic heterocycles. The van der Waals surface area contributed by atoms with Gasteiger partial charge in [-0.15, -0.1) is 0 Å². The lowest BCUT2D eigenvalue weighted by Crippen LogP contribution is -2.34. The Kier molecular flexibility index (Phi) is 2.98. The number of benzene rings is 1. The van der Waals surface area contributed by atoms with Crippen molar-refractivity contribution in [2.24, 2.45) is 5.41 Å². The second-order valence-electron chi connectivity index (χ2n) is 5.10. The van der Waals surface area contributed by atoms with Crippen molar-refractivity contribution < 1.29 is 8.78 Å². The van der Waals surface area contributed by atoms with Gasteiger partial charge in [0, 0.05) is 6.04 Å². The van der Waals surface area contributed by atoms with Gasteiger partial charge in [-0.3, -0.25) is 0 Å². The number of hydrogen-bond acceptors (Lipinski definition) is 1. The summed E-state index contributed by atoms with van der Waals surface area (Å²) >= 11 is 0. The summed E-state index contributed by atoms with van der Waals surface area (Å²) in [5.74, 6) is 0. The van der Waals surface area contributed by atoms with E-state index in [1.165, 1.54) is 11.1 Å². The number of fused-ring (bicyclic) bond motifs is 1. The molecule has 1 unspecified atom stereocenters. The highest BCUT2D eigenvalue weighted by molar-refractivity contribution is 5.37. The maximum atomic E-state index is 12.3. The molecule has 1 aliphatic rings. The van der Waals surface area contributed by atoms with E-state index in [9.17, 15) is 8.78 Å². The van der Waals surface area contributed by atoms with Crippen LogP contribution in [0.2, 0.25) is 0 Å². The van der Waals surface area contributed by atoms with Crippen LogP contribution in [-0.4, -0.2) is 13.0 Å². The number of hydrogen-bond donors (Lipinski definition) is 1. The van der Waals surface area contributed by atoms with Gasteiger partial charge in [0.25, 0.3) is 6.43 Å². The first-order chi connectivity index (χ1) is 7.50. The summed E-state index contributed by atoms with van der Waals surface area (Å²) in [6.07, 6.45) is -1.34. The lowest BCUT2D eigenvalue weighted by atomic mass is 9.85. The van der Waals surface area contributed by atoms with Gasteiger partial charge in [0.1, 0.15) is 0 Å². The predicted octanol–water partition coefficient (Wildman–Crippen LogP) is 3.16. The van der Waals surface area contributed by atoms with Gasteiger partial charge < -0.3 is 5.32 Å². The standard InChI is InChI=1S/C13H17F2N/c1-13(2)7-9-5-3-4-6-10(9)12(13)16-8-11(14)15/h3-6,11-12,16H,7-8H2,1-2H3. The summed E-state index contributed by atoms with van der Waals surface area (Å²) in [5.41, 5.74) is 2.46. The Balaban J connectivity index is 2.21. The van der Waals surface area contributed by atoms with E-state index in [0.717, 1.165) is 6.42 Å². The molecule has 16 heavy (non-hydrogen) atoms. The molecule has 0 spiro atoms. The molecule has 0 saturated carbocycles. The average molecular weight is 225 g/mol. The van der Waals surface area contributed by atoms with Crippen molar-refractivity contribution in [2.45, 2.75) is 32.7 Å². The summed E-state index contributed by atoms with van der Waals surface area (Å²) in [6.45, 7) is 4.01. The molecule has 0 radical (unpaired) electrons. The van der Waals surface area contributed by atoms with Crippen LogP contribution in [0.15, 0.2) is 24.3 Å². The Hall–Kier alpha value is -0.960. The molecule has 88 valence electrons. The zero-order chi connectivity index (χ0) is 11.8. The Morgan fingerprint density at radius 3 is 2.75 bits per heavy atom. The fourth-order valence-corrected chi connectivity index (χ4v) is 2.58. The zero-order valence-electron chi connectivity index (χ0n) is 9.63. The van der Waals surface area contributed by atoms with Crippen LogP contribution in [0.25, 0.3) is 0 Å². The molecular weight excluding hydrogens is 208 g/mol. The molecule has 1 aliphatic carbocycles. The number of nitrogens with one attached hydrogen (secondary N) is 1. The molecule has 1 aromatic carbocycles. The van der Waals surface area contributed by atoms with Crippen LogP contribution in [0.4, 0.5) is 8.78 Å². The van der Waals surface area contributed by atoms with Gasteiger partial charge >= 0.3 is 0 Å². The zero-order valence-corrected chi connectivity index (χ0v) is 9.63. The summed E-state index contributed by atoms with van der Waals surface area (Å²) in [5, 5.41) is 2.98. The highest BCUT2D eigenvalue weighted by atomic mass is 19.3. The second kappa shape index (κ2) is 4.13. The predicted molar refractivity (Wildman–Crippen MR) is 60.7 cm³/mol. The molecule has 0 fully saturated rings. The van der Waals surface area contributed by atoms with Crippen LogP contribution in [0, 0.1) is 5.41 Å². The summed E-state index contributed by atoms with van der Waals surface area (Å²) < 4.78 is 24.5. The van der Waals surface area contributed by atoms with E-state index in [1.807, 2.05) is 18.2 Å². The van der Waals surface area contributed by atoms with Gasteiger partial charge in [-0.1, -0.05) is 38.1 Å². The van der Waals surface area contributed by atoms with E-state index < -0.39 is 6.43 Å². The number of rotatable bonds is 3. The third-order valence-corrected chi connectivity index (χ3v) is 3.27. The van der Waals surface area contributed by atoms with E-state index in [1.54, 1.807) is 0 Å². The van der Waals surface area contributed by atoms with Crippen LogP contribution in [0.3, 0.4) is 0 Å². The van der Waals surface area contributed by atoms with Crippen molar-refractivity contribution in [1.29, 1.82) is 0 Å². The average Bonchev–Trinajstić information content (AvgIpc) is 2.44. The van der Waals surface area contributed by atoms with Gasteiger partial charge in [-0.25, -0.2) is 8.78 Å². The number of alkyl halides is 2. The van der Waals surface area contributed by atoms with Crippen molar-refractivity contribution in [1.82, 2.24) is 5.32 Å². The largest absolute Gasteiger partial charge is 0.304 e. The first-order valence-corrected chi connectivity index (χ1v) is 5.60. The highest BCUT2D eigenvalue weighted by Crippen LogP contribution is 2.44. The van der Waals surface area contributed by atoms with Crippen molar-refractivity contribution in [3.63, 3.8) is 0 Å². The first-order valence-electron chi connectivity index (χ1n) is 5.60. The Labute approximate surface area is 94.9 Å². The van der Waals surface area contributed by atoms with Crippen LogP contribution in [0.5, 0.6) is 0 Å². The SMILES string of the molecule is CC1(C)Cc2ccccc2C1NCC(F)F. The first kappa shape index (κ1) is 11.5. The third kappa shape index (κ3) is 2.09. The summed E-state index contributed by atoms with van der Waals surface area (Å²) in [6, 6.07) is 8.13. The fraction of sp³-hybridized carbons (Fsp3) is 0.538. The Bertz CT molecular complexity index is 374. The van der Waals surface area contributed by atoms with Crippen LogP contribution in [0.1, 0.15) is 31.0 Å². The van der Waals surface area contributed by atoms with E-state index >= 15 is 0 Å². The smallest absolute Gasteiger partial charge is 0.250 e. The van der Waals surface area contributed by atoms with Crippen molar-refractivity contribution in [3.8, 4) is 0 Å². The summed E-state index contributed by atoms with van der Waals surface area (Å²) in [7, 11) is 0. The summed E-state index contributed by atoms with van der Waals surface area (Å²) in [4.78, 5) is 0. The molecule has 0 bridgehead atoms. The lowest BCUT2D eigenvalue weighted by Gasteiger charge is -2.28. The molecule has 1 atom stereocenters. The van der Waals surface area contributed by atoms with E-state index in [-0.39, 0.29) is 18.0 Å². The van der Waals surface area contributed by atoms with E-state index in [2.05, 4.69) is 25.2 Å². The fourth-order valence-electron chi connectivity index (χ4n) is 2.58. The number of halogens is 2. The second-order valence-corrected chi connectivity index (χ2v) is 5.10. The minimum absolute atomic E-state index is 0.0125. The molecule has 0 amide bonds. The minimum Gasteiger partial charge on any atom is -0.304 e. The van der Waals surface area contributed by atoms with Crippen LogP contribution < -0.4 is 5.32 Å².